The van der Waals surface area contributed by atoms with Crippen LogP contribution in [0.5, 0.6) is 5.75 Å². The number of hydrogen-bond acceptors (Lipinski definition) is 4. The van der Waals surface area contributed by atoms with Crippen LogP contribution in [-0.4, -0.2) is 43.3 Å². The molecule has 0 radical (unpaired) electrons. The van der Waals surface area contributed by atoms with E-state index in [2.05, 4.69) is 37.2 Å². The third-order valence-corrected chi connectivity index (χ3v) is 4.36. The Morgan fingerprint density at radius 3 is 2.29 bits per heavy atom. The summed E-state index contributed by atoms with van der Waals surface area (Å²) in [7, 11) is 1.64. The van der Waals surface area contributed by atoms with E-state index in [1.54, 1.807) is 12.0 Å². The molecule has 1 amide bonds. The van der Waals surface area contributed by atoms with Crippen LogP contribution in [0.2, 0.25) is 0 Å². The molecular formula is C17H26Br2N2O3. The van der Waals surface area contributed by atoms with Crippen LogP contribution < -0.4 is 10.1 Å². The van der Waals surface area contributed by atoms with Gasteiger partial charge in [-0.05, 0) is 77.3 Å². The zero-order valence-electron chi connectivity index (χ0n) is 14.9. The van der Waals surface area contributed by atoms with E-state index in [1.807, 2.05) is 39.8 Å². The molecule has 1 N–H and O–H groups in total. The second-order valence-corrected chi connectivity index (χ2v) is 8.04. The molecule has 0 unspecified atom stereocenters. The van der Waals surface area contributed by atoms with Gasteiger partial charge in [-0.25, -0.2) is 4.79 Å². The third kappa shape index (κ3) is 6.99. The smallest absolute Gasteiger partial charge is 0.410 e. The molecule has 0 spiro atoms. The van der Waals surface area contributed by atoms with Gasteiger partial charge in [0.25, 0.3) is 0 Å². The van der Waals surface area contributed by atoms with Crippen LogP contribution in [0.25, 0.3) is 0 Å². The summed E-state index contributed by atoms with van der Waals surface area (Å²) in [5.41, 5.74) is 0.648. The largest absolute Gasteiger partial charge is 0.494 e. The minimum atomic E-state index is -0.473. The standard InChI is InChI=1S/C17H26Br2N2O3/c1-6-21(16(22)24-17(2,3)4)8-7-20-11-12-9-13(18)15(23-5)14(19)10-12/h9-10,20H,6-8,11H2,1-5H3. The Morgan fingerprint density at radius 1 is 1.25 bits per heavy atom. The van der Waals surface area contributed by atoms with Crippen molar-refractivity contribution in [3.63, 3.8) is 0 Å². The molecule has 0 heterocycles. The number of rotatable bonds is 7. The summed E-state index contributed by atoms with van der Waals surface area (Å²) in [5, 5.41) is 3.34. The molecule has 0 atom stereocenters. The highest BCUT2D eigenvalue weighted by molar-refractivity contribution is 9.11. The molecule has 5 nitrogen and oxygen atoms in total. The first-order chi connectivity index (χ1) is 11.2. The number of benzene rings is 1. The molecule has 0 aliphatic rings. The molecule has 1 aromatic carbocycles. The quantitative estimate of drug-likeness (QED) is 0.599. The maximum Gasteiger partial charge on any atom is 0.410 e. The molecule has 0 aliphatic heterocycles. The number of ether oxygens (including phenoxy) is 2. The van der Waals surface area contributed by atoms with E-state index in [0.717, 1.165) is 20.3 Å². The average Bonchev–Trinajstić information content (AvgIpc) is 2.45. The van der Waals surface area contributed by atoms with Crippen molar-refractivity contribution in [1.29, 1.82) is 0 Å². The molecule has 0 saturated carbocycles. The predicted molar refractivity (Wildman–Crippen MR) is 104 cm³/mol. The lowest BCUT2D eigenvalue weighted by atomic mass is 10.2. The normalized spacial score (nSPS) is 11.3. The first kappa shape index (κ1) is 21.3. The number of hydrogen-bond donors (Lipinski definition) is 1. The van der Waals surface area contributed by atoms with E-state index in [-0.39, 0.29) is 6.09 Å². The molecule has 1 rings (SSSR count). The van der Waals surface area contributed by atoms with Gasteiger partial charge < -0.3 is 19.7 Å². The molecule has 0 bridgehead atoms. The second-order valence-electron chi connectivity index (χ2n) is 6.33. The lowest BCUT2D eigenvalue weighted by Crippen LogP contribution is -2.40. The van der Waals surface area contributed by atoms with Gasteiger partial charge in [-0.2, -0.15) is 0 Å². The lowest BCUT2D eigenvalue weighted by molar-refractivity contribution is 0.0262. The number of methoxy groups -OCH3 is 1. The van der Waals surface area contributed by atoms with Gasteiger partial charge in [0.1, 0.15) is 11.4 Å². The minimum absolute atomic E-state index is 0.276. The van der Waals surface area contributed by atoms with Crippen LogP contribution in [0.3, 0.4) is 0 Å². The van der Waals surface area contributed by atoms with Crippen LogP contribution in [-0.2, 0) is 11.3 Å². The average molecular weight is 466 g/mol. The number of amides is 1. The Bertz CT molecular complexity index is 536. The SMILES string of the molecule is CCN(CCNCc1cc(Br)c(OC)c(Br)c1)C(=O)OC(C)(C)C. The van der Waals surface area contributed by atoms with Gasteiger partial charge in [-0.15, -0.1) is 0 Å². The van der Waals surface area contributed by atoms with Gasteiger partial charge in [0.15, 0.2) is 0 Å². The summed E-state index contributed by atoms with van der Waals surface area (Å²) < 4.78 is 12.5. The first-order valence-electron chi connectivity index (χ1n) is 7.88. The van der Waals surface area contributed by atoms with E-state index < -0.39 is 5.60 Å². The van der Waals surface area contributed by atoms with Crippen molar-refractivity contribution in [3.8, 4) is 5.75 Å². The maximum absolute atomic E-state index is 12.1. The van der Waals surface area contributed by atoms with Crippen LogP contribution >= 0.6 is 31.9 Å². The van der Waals surface area contributed by atoms with Gasteiger partial charge in [-0.1, -0.05) is 0 Å². The number of carbonyl (C=O) groups excluding carboxylic acids is 1. The highest BCUT2D eigenvalue weighted by Gasteiger charge is 2.20. The molecule has 0 aromatic heterocycles. The maximum atomic E-state index is 12.1. The minimum Gasteiger partial charge on any atom is -0.494 e. The molecular weight excluding hydrogens is 440 g/mol. The van der Waals surface area contributed by atoms with Gasteiger partial charge in [0.05, 0.1) is 16.1 Å². The summed E-state index contributed by atoms with van der Waals surface area (Å²) in [5.74, 6) is 0.779. The fraction of sp³-hybridized carbons (Fsp3) is 0.588. The number of carbonyl (C=O) groups is 1. The van der Waals surface area contributed by atoms with Crippen LogP contribution in [0, 0.1) is 0 Å². The summed E-state index contributed by atoms with van der Waals surface area (Å²) in [6, 6.07) is 4.03. The monoisotopic (exact) mass is 464 g/mol. The molecule has 7 heteroatoms. The van der Waals surface area contributed by atoms with Crippen molar-refractivity contribution in [2.24, 2.45) is 0 Å². The van der Waals surface area contributed by atoms with Crippen molar-refractivity contribution in [1.82, 2.24) is 10.2 Å². The van der Waals surface area contributed by atoms with E-state index in [4.69, 9.17) is 9.47 Å². The predicted octanol–water partition coefficient (Wildman–Crippen LogP) is 4.57. The van der Waals surface area contributed by atoms with Crippen LogP contribution in [0.4, 0.5) is 4.79 Å². The van der Waals surface area contributed by atoms with E-state index in [9.17, 15) is 4.79 Å². The summed E-state index contributed by atoms with van der Waals surface area (Å²) in [6.07, 6.45) is -0.276. The lowest BCUT2D eigenvalue weighted by Gasteiger charge is -2.26. The Kier molecular flexibility index (Phi) is 8.53. The van der Waals surface area contributed by atoms with Gasteiger partial charge in [0.2, 0.25) is 0 Å². The number of halogens is 2. The Balaban J connectivity index is 2.48. The Labute approximate surface area is 161 Å². The molecule has 1 aromatic rings. The number of likely N-dealkylation sites (N-methyl/N-ethyl adjacent to an activating group) is 1. The second kappa shape index (κ2) is 9.63. The highest BCUT2D eigenvalue weighted by Crippen LogP contribution is 2.34. The molecule has 0 aliphatic carbocycles. The topological polar surface area (TPSA) is 50.8 Å². The van der Waals surface area contributed by atoms with Crippen molar-refractivity contribution >= 4 is 38.0 Å². The van der Waals surface area contributed by atoms with E-state index in [1.165, 1.54) is 0 Å². The Hall–Kier alpha value is -0.790. The van der Waals surface area contributed by atoms with Gasteiger partial charge >= 0.3 is 6.09 Å². The number of nitrogens with one attached hydrogen (secondary N) is 1. The zero-order chi connectivity index (χ0) is 18.3. The van der Waals surface area contributed by atoms with Crippen molar-refractivity contribution in [2.75, 3.05) is 26.7 Å². The van der Waals surface area contributed by atoms with Crippen molar-refractivity contribution < 1.29 is 14.3 Å². The molecule has 0 fully saturated rings. The number of nitrogens with zero attached hydrogens (tertiary/aromatic N) is 1. The fourth-order valence-electron chi connectivity index (χ4n) is 2.06. The molecule has 0 saturated heterocycles. The van der Waals surface area contributed by atoms with Crippen molar-refractivity contribution in [2.45, 2.75) is 39.8 Å². The zero-order valence-corrected chi connectivity index (χ0v) is 18.1. The van der Waals surface area contributed by atoms with Crippen molar-refractivity contribution in [3.05, 3.63) is 26.6 Å². The molecule has 24 heavy (non-hydrogen) atoms. The fourth-order valence-corrected chi connectivity index (χ4v) is 3.67. The highest BCUT2D eigenvalue weighted by atomic mass is 79.9. The summed E-state index contributed by atoms with van der Waals surface area (Å²) in [6.45, 7) is 10.2. The van der Waals surface area contributed by atoms with Gasteiger partial charge in [0, 0.05) is 26.2 Å². The Morgan fingerprint density at radius 2 is 1.83 bits per heavy atom. The van der Waals surface area contributed by atoms with Crippen LogP contribution in [0.15, 0.2) is 21.1 Å². The first-order valence-corrected chi connectivity index (χ1v) is 9.47. The third-order valence-electron chi connectivity index (χ3n) is 3.18. The van der Waals surface area contributed by atoms with Gasteiger partial charge in [-0.3, -0.25) is 0 Å². The van der Waals surface area contributed by atoms with E-state index in [0.29, 0.717) is 26.2 Å². The van der Waals surface area contributed by atoms with E-state index >= 15 is 0 Å². The summed E-state index contributed by atoms with van der Waals surface area (Å²) >= 11 is 6.99. The van der Waals surface area contributed by atoms with Crippen LogP contribution in [0.1, 0.15) is 33.3 Å². The molecule has 136 valence electrons. The summed E-state index contributed by atoms with van der Waals surface area (Å²) in [4.78, 5) is 13.8.